The van der Waals surface area contributed by atoms with Crippen molar-refractivity contribution in [3.8, 4) is 5.75 Å². The maximum atomic E-state index is 11.8. The van der Waals surface area contributed by atoms with Crippen LogP contribution in [0, 0.1) is 0 Å². The lowest BCUT2D eigenvalue weighted by Crippen LogP contribution is -2.18. The molecule has 1 aromatic rings. The zero-order chi connectivity index (χ0) is 18.5. The SMILES string of the molecule is CSCCOC(=O)CCc1cc(C(C)(C)C)c(O)c(C(C)(C)C)c1. The Morgan fingerprint density at radius 3 is 2.00 bits per heavy atom. The fraction of sp³-hybridized carbons (Fsp3) is 0.650. The molecule has 136 valence electrons. The van der Waals surface area contributed by atoms with Crippen LogP contribution in [0.1, 0.15) is 64.7 Å². The van der Waals surface area contributed by atoms with Crippen molar-refractivity contribution in [1.82, 2.24) is 0 Å². The van der Waals surface area contributed by atoms with Crippen molar-refractivity contribution in [3.05, 3.63) is 28.8 Å². The number of carbonyl (C=O) groups excluding carboxylic acids is 1. The van der Waals surface area contributed by atoms with E-state index in [0.717, 1.165) is 22.4 Å². The molecule has 0 aromatic heterocycles. The van der Waals surface area contributed by atoms with E-state index in [4.69, 9.17) is 4.74 Å². The number of thioether (sulfide) groups is 1. The molecule has 0 aliphatic rings. The van der Waals surface area contributed by atoms with Crippen molar-refractivity contribution < 1.29 is 14.6 Å². The normalized spacial score (nSPS) is 12.3. The van der Waals surface area contributed by atoms with Crippen LogP contribution in [0.3, 0.4) is 0 Å². The molecule has 1 N–H and O–H groups in total. The molecule has 0 heterocycles. The summed E-state index contributed by atoms with van der Waals surface area (Å²) in [4.78, 5) is 11.8. The second-order valence-electron chi connectivity index (χ2n) is 8.25. The van der Waals surface area contributed by atoms with E-state index >= 15 is 0 Å². The van der Waals surface area contributed by atoms with Crippen LogP contribution in [0.5, 0.6) is 5.75 Å². The Morgan fingerprint density at radius 1 is 1.08 bits per heavy atom. The summed E-state index contributed by atoms with van der Waals surface area (Å²) in [7, 11) is 0. The highest BCUT2D eigenvalue weighted by molar-refractivity contribution is 7.98. The Bertz CT molecular complexity index is 530. The van der Waals surface area contributed by atoms with E-state index in [1.807, 2.05) is 18.4 Å². The molecule has 4 heteroatoms. The van der Waals surface area contributed by atoms with Gasteiger partial charge in [-0.05, 0) is 40.2 Å². The maximum absolute atomic E-state index is 11.8. The minimum Gasteiger partial charge on any atom is -0.507 e. The van der Waals surface area contributed by atoms with Crippen LogP contribution >= 0.6 is 11.8 Å². The molecule has 1 aromatic carbocycles. The second-order valence-corrected chi connectivity index (χ2v) is 9.24. The smallest absolute Gasteiger partial charge is 0.306 e. The van der Waals surface area contributed by atoms with Crippen molar-refractivity contribution in [2.75, 3.05) is 18.6 Å². The monoisotopic (exact) mass is 352 g/mol. The molecule has 0 amide bonds. The van der Waals surface area contributed by atoms with Gasteiger partial charge in [-0.1, -0.05) is 53.7 Å². The summed E-state index contributed by atoms with van der Waals surface area (Å²) in [5, 5.41) is 10.7. The van der Waals surface area contributed by atoms with Crippen molar-refractivity contribution >= 4 is 17.7 Å². The van der Waals surface area contributed by atoms with Gasteiger partial charge in [-0.3, -0.25) is 4.79 Å². The van der Waals surface area contributed by atoms with Gasteiger partial charge in [0.05, 0.1) is 0 Å². The van der Waals surface area contributed by atoms with E-state index in [2.05, 4.69) is 41.5 Å². The number of phenols is 1. The standard InChI is InChI=1S/C20H32O3S/c1-19(2,3)15-12-14(8-9-17(21)23-10-11-24-7)13-16(18(15)22)20(4,5)6/h12-13,22H,8-11H2,1-7H3. The first-order valence-electron chi connectivity index (χ1n) is 8.48. The fourth-order valence-corrected chi connectivity index (χ4v) is 2.79. The number of esters is 1. The fourth-order valence-electron chi connectivity index (χ4n) is 2.54. The van der Waals surface area contributed by atoms with Gasteiger partial charge >= 0.3 is 5.97 Å². The predicted octanol–water partition coefficient (Wildman–Crippen LogP) is 4.83. The van der Waals surface area contributed by atoms with E-state index in [0.29, 0.717) is 25.2 Å². The van der Waals surface area contributed by atoms with E-state index in [9.17, 15) is 9.90 Å². The van der Waals surface area contributed by atoms with E-state index in [1.165, 1.54) is 0 Å². The second kappa shape index (κ2) is 8.28. The summed E-state index contributed by atoms with van der Waals surface area (Å²) in [6, 6.07) is 4.06. The molecule has 0 radical (unpaired) electrons. The first-order valence-corrected chi connectivity index (χ1v) is 9.87. The summed E-state index contributed by atoms with van der Waals surface area (Å²) in [6.07, 6.45) is 2.99. The summed E-state index contributed by atoms with van der Waals surface area (Å²) in [6.45, 7) is 13.0. The Morgan fingerprint density at radius 2 is 1.58 bits per heavy atom. The first-order chi connectivity index (χ1) is 11.0. The van der Waals surface area contributed by atoms with Gasteiger partial charge in [0, 0.05) is 12.2 Å². The van der Waals surface area contributed by atoms with Gasteiger partial charge in [-0.15, -0.1) is 0 Å². The topological polar surface area (TPSA) is 46.5 Å². The quantitative estimate of drug-likeness (QED) is 0.588. The van der Waals surface area contributed by atoms with Crippen LogP contribution in [-0.2, 0) is 26.8 Å². The Balaban J connectivity index is 3.01. The van der Waals surface area contributed by atoms with Crippen LogP contribution in [0.4, 0.5) is 0 Å². The van der Waals surface area contributed by atoms with Crippen LogP contribution in [0.25, 0.3) is 0 Å². The average molecular weight is 353 g/mol. The number of hydrogen-bond acceptors (Lipinski definition) is 4. The van der Waals surface area contributed by atoms with E-state index < -0.39 is 0 Å². The van der Waals surface area contributed by atoms with Crippen molar-refractivity contribution in [1.29, 1.82) is 0 Å². The van der Waals surface area contributed by atoms with Gasteiger partial charge in [0.2, 0.25) is 0 Å². The van der Waals surface area contributed by atoms with Gasteiger partial charge in [0.1, 0.15) is 12.4 Å². The molecule has 0 aliphatic carbocycles. The van der Waals surface area contributed by atoms with Gasteiger partial charge < -0.3 is 9.84 Å². The highest BCUT2D eigenvalue weighted by atomic mass is 32.2. The number of aromatic hydroxyl groups is 1. The molecule has 0 atom stereocenters. The summed E-state index contributed by atoms with van der Waals surface area (Å²) < 4.78 is 5.21. The average Bonchev–Trinajstić information content (AvgIpc) is 2.44. The molecule has 0 fully saturated rings. The molecule has 0 aliphatic heterocycles. The molecule has 24 heavy (non-hydrogen) atoms. The largest absolute Gasteiger partial charge is 0.507 e. The van der Waals surface area contributed by atoms with Crippen molar-refractivity contribution in [2.45, 2.75) is 65.2 Å². The molecule has 0 bridgehead atoms. The molecule has 0 unspecified atom stereocenters. The summed E-state index contributed by atoms with van der Waals surface area (Å²) >= 11 is 1.66. The highest BCUT2D eigenvalue weighted by Gasteiger charge is 2.26. The predicted molar refractivity (Wildman–Crippen MR) is 103 cm³/mol. The molecule has 1 rings (SSSR count). The summed E-state index contributed by atoms with van der Waals surface area (Å²) in [5.74, 6) is 1.04. The Labute approximate surface area is 151 Å². The third kappa shape index (κ3) is 6.04. The first kappa shape index (κ1) is 20.9. The zero-order valence-corrected chi connectivity index (χ0v) is 17.0. The van der Waals surface area contributed by atoms with Gasteiger partial charge in [-0.2, -0.15) is 11.8 Å². The van der Waals surface area contributed by atoms with Crippen LogP contribution < -0.4 is 0 Å². The van der Waals surface area contributed by atoms with E-state index in [1.54, 1.807) is 11.8 Å². The number of carbonyl (C=O) groups is 1. The van der Waals surface area contributed by atoms with Gasteiger partial charge in [-0.25, -0.2) is 0 Å². The number of rotatable bonds is 6. The molecular formula is C20H32O3S. The van der Waals surface area contributed by atoms with Gasteiger partial charge in [0.25, 0.3) is 0 Å². The van der Waals surface area contributed by atoms with Crippen LogP contribution in [-0.4, -0.2) is 29.7 Å². The lowest BCUT2D eigenvalue weighted by molar-refractivity contribution is -0.142. The number of hydrogen-bond donors (Lipinski definition) is 1. The third-order valence-corrected chi connectivity index (χ3v) is 4.53. The number of benzene rings is 1. The molecule has 0 saturated carbocycles. The maximum Gasteiger partial charge on any atom is 0.306 e. The van der Waals surface area contributed by atoms with Crippen LogP contribution in [0.15, 0.2) is 12.1 Å². The Hall–Kier alpha value is -1.16. The zero-order valence-electron chi connectivity index (χ0n) is 16.2. The molecule has 3 nitrogen and oxygen atoms in total. The highest BCUT2D eigenvalue weighted by Crippen LogP contribution is 2.39. The molecule has 0 spiro atoms. The van der Waals surface area contributed by atoms with E-state index in [-0.39, 0.29) is 16.8 Å². The number of ether oxygens (including phenoxy) is 1. The van der Waals surface area contributed by atoms with Crippen molar-refractivity contribution in [3.63, 3.8) is 0 Å². The summed E-state index contributed by atoms with van der Waals surface area (Å²) in [5.41, 5.74) is 2.63. The number of aryl methyl sites for hydroxylation is 1. The van der Waals surface area contributed by atoms with Gasteiger partial charge in [0.15, 0.2) is 0 Å². The van der Waals surface area contributed by atoms with Crippen LogP contribution in [0.2, 0.25) is 0 Å². The third-order valence-electron chi connectivity index (χ3n) is 3.95. The molecular weight excluding hydrogens is 320 g/mol. The minimum absolute atomic E-state index is 0.154. The lowest BCUT2D eigenvalue weighted by atomic mass is 9.78. The lowest BCUT2D eigenvalue weighted by Gasteiger charge is -2.28. The molecule has 0 saturated heterocycles. The minimum atomic E-state index is -0.160. The number of phenolic OH excluding ortho intramolecular Hbond substituents is 1. The van der Waals surface area contributed by atoms with Crippen molar-refractivity contribution in [2.24, 2.45) is 0 Å². The Kier molecular flexibility index (Phi) is 7.21.